The third-order valence-electron chi connectivity index (χ3n) is 4.03. The van der Waals surface area contributed by atoms with E-state index in [9.17, 15) is 14.9 Å². The zero-order chi connectivity index (χ0) is 19.4. The Bertz CT molecular complexity index is 946. The second kappa shape index (κ2) is 8.28. The minimum atomic E-state index is -0.434. The molecule has 3 aromatic rings. The number of anilines is 2. The van der Waals surface area contributed by atoms with E-state index in [4.69, 9.17) is 0 Å². The molecule has 0 aliphatic carbocycles. The molecular weight excluding hydrogens is 384 g/mol. The smallest absolute Gasteiger partial charge is 0.280 e. The summed E-state index contributed by atoms with van der Waals surface area (Å²) in [5.74, 6) is -0.237. The zero-order valence-corrected chi connectivity index (χ0v) is 16.5. The highest BCUT2D eigenvalue weighted by atomic mass is 32.1. The van der Waals surface area contributed by atoms with Crippen LogP contribution in [0.1, 0.15) is 24.2 Å². The van der Waals surface area contributed by atoms with E-state index in [2.05, 4.69) is 29.0 Å². The van der Waals surface area contributed by atoms with Gasteiger partial charge in [0.2, 0.25) is 0 Å². The van der Waals surface area contributed by atoms with Gasteiger partial charge < -0.3 is 4.90 Å². The molecule has 1 amide bonds. The molecule has 0 bridgehead atoms. The molecule has 0 fully saturated rings. The Morgan fingerprint density at radius 1 is 1.19 bits per heavy atom. The summed E-state index contributed by atoms with van der Waals surface area (Å²) in [5.41, 5.74) is 2.29. The van der Waals surface area contributed by atoms with Gasteiger partial charge in [0.25, 0.3) is 11.6 Å². The monoisotopic (exact) mass is 402 g/mol. The van der Waals surface area contributed by atoms with Crippen LogP contribution in [0, 0.1) is 10.1 Å². The number of carbonyl (C=O) groups is 1. The normalized spacial score (nSPS) is 10.6. The quantitative estimate of drug-likeness (QED) is 0.449. The van der Waals surface area contributed by atoms with Crippen LogP contribution in [-0.2, 0) is 0 Å². The summed E-state index contributed by atoms with van der Waals surface area (Å²) in [4.78, 5) is 30.0. The molecule has 0 spiro atoms. The summed E-state index contributed by atoms with van der Waals surface area (Å²) in [6.45, 7) is 5.99. The third-order valence-corrected chi connectivity index (χ3v) is 5.73. The highest BCUT2D eigenvalue weighted by Gasteiger charge is 2.15. The molecule has 0 aliphatic rings. The number of hydrogen-bond acceptors (Lipinski definition) is 7. The molecule has 1 N–H and O–H groups in total. The molecule has 0 saturated heterocycles. The Balaban J connectivity index is 1.69. The fourth-order valence-electron chi connectivity index (χ4n) is 2.58. The first-order valence-electron chi connectivity index (χ1n) is 8.37. The summed E-state index contributed by atoms with van der Waals surface area (Å²) >= 11 is 2.54. The Morgan fingerprint density at radius 3 is 2.48 bits per heavy atom. The van der Waals surface area contributed by atoms with Crippen molar-refractivity contribution in [1.82, 2.24) is 4.98 Å². The molecule has 27 heavy (non-hydrogen) atoms. The van der Waals surface area contributed by atoms with Gasteiger partial charge in [0.05, 0.1) is 20.9 Å². The molecule has 1 aromatic carbocycles. The Kier molecular flexibility index (Phi) is 5.82. The van der Waals surface area contributed by atoms with Gasteiger partial charge in [-0.15, -0.1) is 22.7 Å². The molecule has 140 valence electrons. The van der Waals surface area contributed by atoms with Gasteiger partial charge in [0.15, 0.2) is 5.13 Å². The molecule has 2 aromatic heterocycles. The Hall–Kier alpha value is -2.78. The second-order valence-electron chi connectivity index (χ2n) is 5.64. The Morgan fingerprint density at radius 2 is 1.89 bits per heavy atom. The number of nitro groups is 1. The number of hydrogen-bond donors (Lipinski definition) is 1. The van der Waals surface area contributed by atoms with Crippen molar-refractivity contribution in [2.75, 3.05) is 23.3 Å². The lowest BCUT2D eigenvalue weighted by Crippen LogP contribution is -2.21. The Labute approximate surface area is 164 Å². The largest absolute Gasteiger partial charge is 0.372 e. The fourth-order valence-corrected chi connectivity index (χ4v) is 4.18. The van der Waals surface area contributed by atoms with Crippen LogP contribution in [0.5, 0.6) is 0 Å². The van der Waals surface area contributed by atoms with Crippen LogP contribution in [0.15, 0.2) is 41.1 Å². The van der Waals surface area contributed by atoms with Gasteiger partial charge in [-0.2, -0.15) is 0 Å². The van der Waals surface area contributed by atoms with Crippen molar-refractivity contribution in [3.63, 3.8) is 0 Å². The van der Waals surface area contributed by atoms with E-state index in [1.807, 2.05) is 12.1 Å². The number of amides is 1. The minimum Gasteiger partial charge on any atom is -0.372 e. The van der Waals surface area contributed by atoms with Crippen molar-refractivity contribution in [3.8, 4) is 10.6 Å². The predicted molar refractivity (Wildman–Crippen MR) is 110 cm³/mol. The highest BCUT2D eigenvalue weighted by Crippen LogP contribution is 2.33. The molecular formula is C18H18N4O3S2. The van der Waals surface area contributed by atoms with E-state index in [-0.39, 0.29) is 11.6 Å². The van der Waals surface area contributed by atoms with Gasteiger partial charge in [-0.05, 0) is 38.1 Å². The topological polar surface area (TPSA) is 88.4 Å². The molecule has 9 heteroatoms. The number of nitrogens with one attached hydrogen (secondary N) is 1. The van der Waals surface area contributed by atoms with E-state index in [0.29, 0.717) is 21.3 Å². The van der Waals surface area contributed by atoms with Gasteiger partial charge in [0.1, 0.15) is 0 Å². The summed E-state index contributed by atoms with van der Waals surface area (Å²) < 4.78 is 0. The minimum absolute atomic E-state index is 0.0434. The third kappa shape index (κ3) is 4.32. The molecule has 0 atom stereocenters. The molecule has 0 unspecified atom stereocenters. The first kappa shape index (κ1) is 19.0. The van der Waals surface area contributed by atoms with Crippen LogP contribution >= 0.6 is 22.7 Å². The van der Waals surface area contributed by atoms with E-state index >= 15 is 0 Å². The van der Waals surface area contributed by atoms with Crippen LogP contribution in [0.2, 0.25) is 0 Å². The van der Waals surface area contributed by atoms with E-state index in [1.165, 1.54) is 34.1 Å². The van der Waals surface area contributed by atoms with Gasteiger partial charge in [-0.25, -0.2) is 4.98 Å². The van der Waals surface area contributed by atoms with Crippen molar-refractivity contribution >= 4 is 45.1 Å². The van der Waals surface area contributed by atoms with Crippen LogP contribution in [0.3, 0.4) is 0 Å². The molecule has 3 rings (SSSR count). The molecule has 7 nitrogen and oxygen atoms in total. The van der Waals surface area contributed by atoms with Crippen LogP contribution < -0.4 is 10.2 Å². The van der Waals surface area contributed by atoms with Crippen molar-refractivity contribution in [3.05, 3.63) is 56.8 Å². The van der Waals surface area contributed by atoms with Gasteiger partial charge in [-0.1, -0.05) is 0 Å². The molecule has 0 saturated carbocycles. The maximum Gasteiger partial charge on any atom is 0.280 e. The van der Waals surface area contributed by atoms with Crippen molar-refractivity contribution < 1.29 is 9.72 Å². The first-order valence-corrected chi connectivity index (χ1v) is 10.1. The van der Waals surface area contributed by atoms with E-state index in [0.717, 1.165) is 18.8 Å². The molecule has 0 aliphatic heterocycles. The highest BCUT2D eigenvalue weighted by molar-refractivity contribution is 7.16. The number of thiophene rings is 1. The van der Waals surface area contributed by atoms with Gasteiger partial charge >= 0.3 is 0 Å². The first-order chi connectivity index (χ1) is 13.0. The number of benzene rings is 1. The number of rotatable bonds is 7. The standard InChI is InChI=1S/C18H18N4O3S2/c1-3-21(4-2)13-7-5-12(6-8-13)17(23)20-18-19-15(11-27-18)16-9-14(10-26-16)22(24)25/h5-11H,3-4H2,1-2H3,(H,19,20,23). The number of carbonyl (C=O) groups excluding carboxylic acids is 1. The lowest BCUT2D eigenvalue weighted by molar-refractivity contribution is -0.384. The predicted octanol–water partition coefficient (Wildman–Crippen LogP) is 4.88. The average molecular weight is 403 g/mol. The molecule has 2 heterocycles. The lowest BCUT2D eigenvalue weighted by atomic mass is 10.2. The van der Waals surface area contributed by atoms with E-state index in [1.54, 1.807) is 17.5 Å². The maximum atomic E-state index is 12.4. The molecule has 0 radical (unpaired) electrons. The van der Waals surface area contributed by atoms with Gasteiger partial charge in [-0.3, -0.25) is 20.2 Å². The number of thiazole rings is 1. The number of aromatic nitrogens is 1. The SMILES string of the molecule is CCN(CC)c1ccc(C(=O)Nc2nc(-c3cc([N+](=O)[O-])cs3)cs2)cc1. The summed E-state index contributed by atoms with van der Waals surface area (Å²) in [6.07, 6.45) is 0. The van der Waals surface area contributed by atoms with Crippen LogP contribution in [0.4, 0.5) is 16.5 Å². The summed E-state index contributed by atoms with van der Waals surface area (Å²) in [5, 5.41) is 17.3. The van der Waals surface area contributed by atoms with Crippen molar-refractivity contribution in [1.29, 1.82) is 0 Å². The van der Waals surface area contributed by atoms with Crippen molar-refractivity contribution in [2.45, 2.75) is 13.8 Å². The summed E-state index contributed by atoms with van der Waals surface area (Å²) in [7, 11) is 0. The average Bonchev–Trinajstić information content (AvgIpc) is 3.32. The number of nitrogens with zero attached hydrogens (tertiary/aromatic N) is 3. The van der Waals surface area contributed by atoms with E-state index < -0.39 is 4.92 Å². The summed E-state index contributed by atoms with van der Waals surface area (Å²) in [6, 6.07) is 8.93. The fraction of sp³-hybridized carbons (Fsp3) is 0.222. The second-order valence-corrected chi connectivity index (χ2v) is 7.41. The van der Waals surface area contributed by atoms with Crippen LogP contribution in [0.25, 0.3) is 10.6 Å². The van der Waals surface area contributed by atoms with Crippen molar-refractivity contribution in [2.24, 2.45) is 0 Å². The van der Waals surface area contributed by atoms with Crippen LogP contribution in [-0.4, -0.2) is 28.9 Å². The van der Waals surface area contributed by atoms with Gasteiger partial charge in [0, 0.05) is 35.8 Å². The zero-order valence-electron chi connectivity index (χ0n) is 14.8. The lowest BCUT2D eigenvalue weighted by Gasteiger charge is -2.20. The maximum absolute atomic E-state index is 12.4.